The van der Waals surface area contributed by atoms with Crippen molar-refractivity contribution in [1.82, 2.24) is 10.2 Å². The van der Waals surface area contributed by atoms with Gasteiger partial charge in [-0.15, -0.1) is 0 Å². The van der Waals surface area contributed by atoms with Crippen molar-refractivity contribution in [2.75, 3.05) is 32.1 Å². The molecule has 0 radical (unpaired) electrons. The number of rotatable bonds is 13. The van der Waals surface area contributed by atoms with Crippen molar-refractivity contribution in [2.24, 2.45) is 0 Å². The lowest BCUT2D eigenvalue weighted by Gasteiger charge is -2.34. The minimum atomic E-state index is -4.28. The van der Waals surface area contributed by atoms with Crippen LogP contribution in [0.4, 0.5) is 5.69 Å². The number of nitrogens with zero attached hydrogens (tertiary/aromatic N) is 2. The maximum absolute atomic E-state index is 14.4. The molecule has 230 valence electrons. The molecule has 9 nitrogen and oxygen atoms in total. The first-order valence-corrected chi connectivity index (χ1v) is 15.5. The molecule has 0 aromatic heterocycles. The quantitative estimate of drug-likeness (QED) is 0.236. The molecule has 0 heterocycles. The summed E-state index contributed by atoms with van der Waals surface area (Å²) in [6.07, 6.45) is 0.234. The first-order valence-electron chi connectivity index (χ1n) is 14.1. The maximum Gasteiger partial charge on any atom is 0.264 e. The highest BCUT2D eigenvalue weighted by Crippen LogP contribution is 2.33. The molecule has 1 atom stereocenters. The van der Waals surface area contributed by atoms with Gasteiger partial charge in [-0.05, 0) is 54.4 Å². The number of hydrogen-bond donors (Lipinski definition) is 1. The van der Waals surface area contributed by atoms with Gasteiger partial charge in [-0.3, -0.25) is 13.9 Å². The number of carbonyl (C=O) groups excluding carboxylic acids is 2. The standard InChI is InChI=1S/C34H37N3O6S/c1-25-11-10-14-27(21-25)23-36(31(34(39)35-2)22-26-12-6-5-7-13-26)33(38)24-37(30-15-8-9-16-32(30)43-4)44(40,41)29-19-17-28(42-3)18-20-29/h5-21,31H,22-24H2,1-4H3,(H,35,39)/t31-/m1/s1. The highest BCUT2D eigenvalue weighted by atomic mass is 32.2. The molecule has 0 bridgehead atoms. The van der Waals surface area contributed by atoms with Gasteiger partial charge in [0.2, 0.25) is 11.8 Å². The van der Waals surface area contributed by atoms with E-state index in [2.05, 4.69) is 5.32 Å². The van der Waals surface area contributed by atoms with Crippen molar-refractivity contribution in [3.8, 4) is 11.5 Å². The Morgan fingerprint density at radius 3 is 2.11 bits per heavy atom. The summed E-state index contributed by atoms with van der Waals surface area (Å²) in [7, 11) is 0.164. The van der Waals surface area contributed by atoms with Crippen LogP contribution in [0, 0.1) is 6.92 Å². The molecule has 0 aliphatic rings. The van der Waals surface area contributed by atoms with Gasteiger partial charge in [-0.1, -0.05) is 72.3 Å². The normalized spacial score (nSPS) is 11.7. The van der Waals surface area contributed by atoms with Crippen LogP contribution in [0.15, 0.2) is 108 Å². The smallest absolute Gasteiger partial charge is 0.264 e. The Labute approximate surface area is 259 Å². The highest BCUT2D eigenvalue weighted by Gasteiger charge is 2.35. The van der Waals surface area contributed by atoms with Gasteiger partial charge in [0.25, 0.3) is 10.0 Å². The molecule has 10 heteroatoms. The van der Waals surface area contributed by atoms with E-state index in [1.165, 1.54) is 38.3 Å². The number of benzene rings is 4. The second-order valence-electron chi connectivity index (χ2n) is 10.2. The summed E-state index contributed by atoms with van der Waals surface area (Å²) in [5, 5.41) is 2.69. The van der Waals surface area contributed by atoms with E-state index in [0.29, 0.717) is 5.75 Å². The van der Waals surface area contributed by atoms with E-state index in [1.54, 1.807) is 36.4 Å². The van der Waals surface area contributed by atoms with Gasteiger partial charge < -0.3 is 19.7 Å². The number of hydrogen-bond acceptors (Lipinski definition) is 6. The Kier molecular flexibility index (Phi) is 10.6. The lowest BCUT2D eigenvalue weighted by molar-refractivity contribution is -0.139. The number of anilines is 1. The Morgan fingerprint density at radius 1 is 0.818 bits per heavy atom. The molecular weight excluding hydrogens is 578 g/mol. The lowest BCUT2D eigenvalue weighted by atomic mass is 10.0. The highest BCUT2D eigenvalue weighted by molar-refractivity contribution is 7.92. The third-order valence-corrected chi connectivity index (χ3v) is 9.01. The second-order valence-corrected chi connectivity index (χ2v) is 12.1. The molecule has 44 heavy (non-hydrogen) atoms. The zero-order chi connectivity index (χ0) is 31.7. The largest absolute Gasteiger partial charge is 0.497 e. The van der Waals surface area contributed by atoms with Gasteiger partial charge in [0, 0.05) is 20.0 Å². The van der Waals surface area contributed by atoms with Crippen LogP contribution in [0.3, 0.4) is 0 Å². The van der Waals surface area contributed by atoms with Gasteiger partial charge >= 0.3 is 0 Å². The number of methoxy groups -OCH3 is 2. The molecule has 0 saturated heterocycles. The topological polar surface area (TPSA) is 105 Å². The first kappa shape index (κ1) is 32.1. The van der Waals surface area contributed by atoms with E-state index in [0.717, 1.165) is 21.0 Å². The molecule has 2 amide bonds. The van der Waals surface area contributed by atoms with Gasteiger partial charge in [0.1, 0.15) is 24.1 Å². The fourth-order valence-electron chi connectivity index (χ4n) is 4.95. The van der Waals surface area contributed by atoms with E-state index in [9.17, 15) is 18.0 Å². The number of sulfonamides is 1. The minimum absolute atomic E-state index is 0.0330. The van der Waals surface area contributed by atoms with Crippen LogP contribution in [0.2, 0.25) is 0 Å². The Morgan fingerprint density at radius 2 is 1.48 bits per heavy atom. The van der Waals surface area contributed by atoms with Crippen LogP contribution in [0.1, 0.15) is 16.7 Å². The van der Waals surface area contributed by atoms with E-state index < -0.39 is 28.5 Å². The molecule has 0 unspecified atom stereocenters. The summed E-state index contributed by atoms with van der Waals surface area (Å²) in [4.78, 5) is 29.2. The molecule has 0 aliphatic carbocycles. The fraction of sp³-hybridized carbons (Fsp3) is 0.235. The average molecular weight is 616 g/mol. The van der Waals surface area contributed by atoms with E-state index in [4.69, 9.17) is 9.47 Å². The monoisotopic (exact) mass is 615 g/mol. The van der Waals surface area contributed by atoms with Crippen LogP contribution in [-0.2, 0) is 32.6 Å². The van der Waals surface area contributed by atoms with Gasteiger partial charge in [0.15, 0.2) is 0 Å². The van der Waals surface area contributed by atoms with Crippen LogP contribution in [-0.4, -0.2) is 59.0 Å². The maximum atomic E-state index is 14.4. The second kappa shape index (κ2) is 14.6. The predicted molar refractivity (Wildman–Crippen MR) is 170 cm³/mol. The summed E-state index contributed by atoms with van der Waals surface area (Å²) in [5.74, 6) is -0.159. The van der Waals surface area contributed by atoms with Crippen molar-refractivity contribution in [3.63, 3.8) is 0 Å². The van der Waals surface area contributed by atoms with Crippen molar-refractivity contribution in [1.29, 1.82) is 0 Å². The predicted octanol–water partition coefficient (Wildman–Crippen LogP) is 4.59. The van der Waals surface area contributed by atoms with Crippen LogP contribution >= 0.6 is 0 Å². The molecule has 0 fully saturated rings. The van der Waals surface area contributed by atoms with Gasteiger partial charge in [-0.25, -0.2) is 8.42 Å². The van der Waals surface area contributed by atoms with Gasteiger partial charge in [0.05, 0.1) is 24.8 Å². The number of nitrogens with one attached hydrogen (secondary N) is 1. The Balaban J connectivity index is 1.81. The molecule has 1 N–H and O–H groups in total. The number of ether oxygens (including phenoxy) is 2. The number of aryl methyl sites for hydroxylation is 1. The molecule has 0 aliphatic heterocycles. The average Bonchev–Trinajstić information content (AvgIpc) is 3.05. The van der Waals surface area contributed by atoms with Crippen LogP contribution in [0.5, 0.6) is 11.5 Å². The summed E-state index contributed by atoms with van der Waals surface area (Å²) < 4.78 is 40.1. The third-order valence-electron chi connectivity index (χ3n) is 7.23. The van der Waals surface area contributed by atoms with Crippen molar-refractivity contribution < 1.29 is 27.5 Å². The number of amides is 2. The van der Waals surface area contributed by atoms with E-state index in [1.807, 2.05) is 61.5 Å². The number of likely N-dealkylation sites (N-methyl/N-ethyl adjacent to an activating group) is 1. The third kappa shape index (κ3) is 7.57. The Bertz CT molecular complexity index is 1680. The number of carbonyl (C=O) groups is 2. The Hall–Kier alpha value is -4.83. The van der Waals surface area contributed by atoms with Crippen LogP contribution in [0.25, 0.3) is 0 Å². The lowest BCUT2D eigenvalue weighted by Crippen LogP contribution is -2.53. The van der Waals surface area contributed by atoms with Crippen molar-refractivity contribution >= 4 is 27.5 Å². The minimum Gasteiger partial charge on any atom is -0.497 e. The molecule has 0 saturated carbocycles. The van der Waals surface area contributed by atoms with Crippen LogP contribution < -0.4 is 19.1 Å². The zero-order valence-electron chi connectivity index (χ0n) is 25.3. The SMILES string of the molecule is CNC(=O)[C@@H](Cc1ccccc1)N(Cc1cccc(C)c1)C(=O)CN(c1ccccc1OC)S(=O)(=O)c1ccc(OC)cc1. The van der Waals surface area contributed by atoms with E-state index in [-0.39, 0.29) is 35.2 Å². The summed E-state index contributed by atoms with van der Waals surface area (Å²) in [5.41, 5.74) is 2.85. The number of para-hydroxylation sites is 2. The molecule has 4 aromatic rings. The van der Waals surface area contributed by atoms with E-state index >= 15 is 0 Å². The summed E-state index contributed by atoms with van der Waals surface area (Å²) >= 11 is 0. The first-order chi connectivity index (χ1) is 21.2. The zero-order valence-corrected chi connectivity index (χ0v) is 26.1. The van der Waals surface area contributed by atoms with Gasteiger partial charge in [-0.2, -0.15) is 0 Å². The molecule has 0 spiro atoms. The molecule has 4 aromatic carbocycles. The molecule has 4 rings (SSSR count). The summed E-state index contributed by atoms with van der Waals surface area (Å²) in [6.45, 7) is 1.46. The molecular formula is C34H37N3O6S. The van der Waals surface area contributed by atoms with Crippen molar-refractivity contribution in [2.45, 2.75) is 30.8 Å². The summed E-state index contributed by atoms with van der Waals surface area (Å²) in [6, 6.07) is 28.7. The van der Waals surface area contributed by atoms with Crippen molar-refractivity contribution in [3.05, 3.63) is 120 Å². The fourth-order valence-corrected chi connectivity index (χ4v) is 6.38.